The summed E-state index contributed by atoms with van der Waals surface area (Å²) in [6, 6.07) is 11.6. The molecule has 25 heavy (non-hydrogen) atoms. The molecule has 6 heteroatoms. The van der Waals surface area contributed by atoms with Gasteiger partial charge < -0.3 is 14.0 Å². The van der Waals surface area contributed by atoms with E-state index in [1.807, 2.05) is 66.0 Å². The van der Waals surface area contributed by atoms with Crippen molar-refractivity contribution >= 4 is 5.91 Å². The molecule has 0 bridgehead atoms. The predicted octanol–water partition coefficient (Wildman–Crippen LogP) is 3.01. The van der Waals surface area contributed by atoms with Crippen LogP contribution in [0.1, 0.15) is 34.2 Å². The molecule has 1 aromatic carbocycles. The van der Waals surface area contributed by atoms with Crippen molar-refractivity contribution in [3.05, 3.63) is 59.6 Å². The summed E-state index contributed by atoms with van der Waals surface area (Å²) in [5.74, 6) is 1.35. The van der Waals surface area contributed by atoms with Crippen LogP contribution < -0.4 is 0 Å². The largest absolute Gasteiger partial charge is 0.348 e. The summed E-state index contributed by atoms with van der Waals surface area (Å²) in [6.45, 7) is 3.31. The maximum absolute atomic E-state index is 12.7. The van der Waals surface area contributed by atoms with E-state index in [-0.39, 0.29) is 11.8 Å². The molecule has 3 heterocycles. The van der Waals surface area contributed by atoms with Crippen LogP contribution in [0.2, 0.25) is 0 Å². The topological polar surface area (TPSA) is 64.2 Å². The number of likely N-dealkylation sites (tertiary alicyclic amines) is 1. The highest BCUT2D eigenvalue weighted by Gasteiger charge is 2.31. The fourth-order valence-electron chi connectivity index (χ4n) is 3.31. The lowest BCUT2D eigenvalue weighted by Gasteiger charge is -2.16. The summed E-state index contributed by atoms with van der Waals surface area (Å²) in [6.07, 6.45) is 2.79. The minimum Gasteiger partial charge on any atom is -0.348 e. The van der Waals surface area contributed by atoms with Crippen LogP contribution in [0.4, 0.5) is 0 Å². The predicted molar refractivity (Wildman–Crippen MR) is 93.1 cm³/mol. The average Bonchev–Trinajstić information content (AvgIpc) is 3.33. The fraction of sp³-hybridized carbons (Fsp3) is 0.316. The summed E-state index contributed by atoms with van der Waals surface area (Å²) in [5.41, 5.74) is 2.74. The highest BCUT2D eigenvalue weighted by atomic mass is 16.5. The maximum atomic E-state index is 12.7. The van der Waals surface area contributed by atoms with Gasteiger partial charge >= 0.3 is 0 Å². The Morgan fingerprint density at radius 2 is 2.16 bits per heavy atom. The molecular weight excluding hydrogens is 316 g/mol. The Morgan fingerprint density at radius 3 is 2.92 bits per heavy atom. The summed E-state index contributed by atoms with van der Waals surface area (Å²) in [4.78, 5) is 19.1. The Morgan fingerprint density at radius 1 is 1.28 bits per heavy atom. The van der Waals surface area contributed by atoms with Gasteiger partial charge in [0.05, 0.1) is 11.6 Å². The summed E-state index contributed by atoms with van der Waals surface area (Å²) < 4.78 is 7.42. The molecule has 1 aliphatic rings. The zero-order chi connectivity index (χ0) is 17.4. The van der Waals surface area contributed by atoms with Crippen molar-refractivity contribution in [1.29, 1.82) is 0 Å². The minimum atomic E-state index is 0.0633. The lowest BCUT2D eigenvalue weighted by molar-refractivity contribution is 0.0789. The van der Waals surface area contributed by atoms with E-state index < -0.39 is 0 Å². The van der Waals surface area contributed by atoms with E-state index in [1.165, 1.54) is 0 Å². The summed E-state index contributed by atoms with van der Waals surface area (Å²) >= 11 is 0. The van der Waals surface area contributed by atoms with Crippen LogP contribution in [-0.2, 0) is 7.05 Å². The van der Waals surface area contributed by atoms with E-state index >= 15 is 0 Å². The van der Waals surface area contributed by atoms with E-state index in [1.54, 1.807) is 0 Å². The van der Waals surface area contributed by atoms with Gasteiger partial charge in [-0.1, -0.05) is 22.9 Å². The minimum absolute atomic E-state index is 0.0633. The number of hydrogen-bond donors (Lipinski definition) is 0. The van der Waals surface area contributed by atoms with E-state index in [4.69, 9.17) is 4.52 Å². The number of carbonyl (C=O) groups excluding carboxylic acids is 1. The van der Waals surface area contributed by atoms with E-state index in [2.05, 4.69) is 10.1 Å². The van der Waals surface area contributed by atoms with E-state index in [0.717, 1.165) is 23.2 Å². The first-order valence-corrected chi connectivity index (χ1v) is 8.43. The number of carbonyl (C=O) groups is 1. The fourth-order valence-corrected chi connectivity index (χ4v) is 3.31. The quantitative estimate of drug-likeness (QED) is 0.737. The second-order valence-corrected chi connectivity index (χ2v) is 6.57. The summed E-state index contributed by atoms with van der Waals surface area (Å²) in [7, 11) is 1.95. The van der Waals surface area contributed by atoms with Gasteiger partial charge in [-0.05, 0) is 37.6 Å². The zero-order valence-electron chi connectivity index (χ0n) is 14.3. The van der Waals surface area contributed by atoms with Crippen LogP contribution in [0.5, 0.6) is 0 Å². The Balaban J connectivity index is 1.49. The van der Waals surface area contributed by atoms with Gasteiger partial charge in [-0.25, -0.2) is 0 Å². The molecular formula is C19H20N4O2. The van der Waals surface area contributed by atoms with E-state index in [0.29, 0.717) is 24.8 Å². The van der Waals surface area contributed by atoms with Crippen molar-refractivity contribution in [2.75, 3.05) is 13.1 Å². The number of amides is 1. The molecule has 1 aliphatic heterocycles. The summed E-state index contributed by atoms with van der Waals surface area (Å²) in [5, 5.41) is 4.09. The Labute approximate surface area is 146 Å². The molecule has 0 N–H and O–H groups in total. The first kappa shape index (κ1) is 15.6. The number of benzene rings is 1. The standard InChI is InChI=1S/C19H20N4O2/c1-13-5-3-6-14(11-13)19(24)23-10-8-15(12-23)18-20-17(21-25-18)16-7-4-9-22(16)2/h3-7,9,11,15H,8,10,12H2,1-2H3. The first-order valence-electron chi connectivity index (χ1n) is 8.43. The highest BCUT2D eigenvalue weighted by molar-refractivity contribution is 5.94. The molecule has 2 aromatic heterocycles. The molecule has 1 atom stereocenters. The first-order chi connectivity index (χ1) is 12.1. The van der Waals surface area contributed by atoms with Gasteiger partial charge in [0.2, 0.25) is 11.7 Å². The maximum Gasteiger partial charge on any atom is 0.253 e. The molecule has 0 spiro atoms. The molecule has 0 aliphatic carbocycles. The van der Waals surface area contributed by atoms with Crippen LogP contribution in [0.15, 0.2) is 47.1 Å². The number of aromatic nitrogens is 3. The second-order valence-electron chi connectivity index (χ2n) is 6.57. The molecule has 1 amide bonds. The van der Waals surface area contributed by atoms with Crippen LogP contribution in [0.3, 0.4) is 0 Å². The highest BCUT2D eigenvalue weighted by Crippen LogP contribution is 2.28. The zero-order valence-corrected chi connectivity index (χ0v) is 14.3. The van der Waals surface area contributed by atoms with Crippen LogP contribution in [0.25, 0.3) is 11.5 Å². The van der Waals surface area contributed by atoms with Crippen molar-refractivity contribution in [3.8, 4) is 11.5 Å². The SMILES string of the molecule is Cc1cccc(C(=O)N2CCC(c3nc(-c4cccn4C)no3)C2)c1. The smallest absolute Gasteiger partial charge is 0.253 e. The molecule has 3 aromatic rings. The molecule has 6 nitrogen and oxygen atoms in total. The van der Waals surface area contributed by atoms with Crippen molar-refractivity contribution in [2.24, 2.45) is 7.05 Å². The molecule has 1 saturated heterocycles. The molecule has 1 unspecified atom stereocenters. The Kier molecular flexibility index (Phi) is 3.87. The van der Waals surface area contributed by atoms with Crippen molar-refractivity contribution in [3.63, 3.8) is 0 Å². The van der Waals surface area contributed by atoms with Gasteiger partial charge in [0.1, 0.15) is 0 Å². The monoisotopic (exact) mass is 336 g/mol. The van der Waals surface area contributed by atoms with Crippen molar-refractivity contribution < 1.29 is 9.32 Å². The lowest BCUT2D eigenvalue weighted by atomic mass is 10.1. The third kappa shape index (κ3) is 2.95. The van der Waals surface area contributed by atoms with Crippen LogP contribution in [-0.4, -0.2) is 38.6 Å². The molecule has 4 rings (SSSR count). The average molecular weight is 336 g/mol. The molecule has 128 valence electrons. The number of rotatable bonds is 3. The lowest BCUT2D eigenvalue weighted by Crippen LogP contribution is -2.28. The van der Waals surface area contributed by atoms with Gasteiger partial charge in [-0.2, -0.15) is 4.98 Å². The second kappa shape index (κ2) is 6.20. The molecule has 0 saturated carbocycles. The van der Waals surface area contributed by atoms with E-state index in [9.17, 15) is 4.79 Å². The molecule has 0 radical (unpaired) electrons. The van der Waals surface area contributed by atoms with Gasteiger partial charge in [0.15, 0.2) is 0 Å². The van der Waals surface area contributed by atoms with Gasteiger partial charge in [0.25, 0.3) is 5.91 Å². The van der Waals surface area contributed by atoms with Gasteiger partial charge in [0, 0.05) is 31.9 Å². The van der Waals surface area contributed by atoms with Crippen molar-refractivity contribution in [2.45, 2.75) is 19.3 Å². The van der Waals surface area contributed by atoms with Crippen LogP contribution in [0, 0.1) is 6.92 Å². The van der Waals surface area contributed by atoms with Gasteiger partial charge in [-0.15, -0.1) is 0 Å². The third-order valence-corrected chi connectivity index (χ3v) is 4.70. The Hall–Kier alpha value is -2.89. The number of hydrogen-bond acceptors (Lipinski definition) is 4. The number of nitrogens with zero attached hydrogens (tertiary/aromatic N) is 4. The third-order valence-electron chi connectivity index (χ3n) is 4.70. The normalized spacial score (nSPS) is 17.2. The van der Waals surface area contributed by atoms with Gasteiger partial charge in [-0.3, -0.25) is 4.79 Å². The molecule has 1 fully saturated rings. The number of aryl methyl sites for hydroxylation is 2. The Bertz CT molecular complexity index is 912. The van der Waals surface area contributed by atoms with Crippen LogP contribution >= 0.6 is 0 Å². The van der Waals surface area contributed by atoms with Crippen molar-refractivity contribution in [1.82, 2.24) is 19.6 Å².